The van der Waals surface area contributed by atoms with E-state index in [4.69, 9.17) is 18.9 Å². The van der Waals surface area contributed by atoms with E-state index in [0.29, 0.717) is 28.9 Å². The molecule has 6 aliphatic heterocycles. The molecule has 0 aromatic heterocycles. The highest BCUT2D eigenvalue weighted by Gasteiger charge is 2.84. The van der Waals surface area contributed by atoms with Crippen LogP contribution in [0, 0.1) is 17.8 Å². The lowest BCUT2D eigenvalue weighted by atomic mass is 9.71. The Hall–Kier alpha value is -2.35. The second kappa shape index (κ2) is 6.86. The van der Waals surface area contributed by atoms with Crippen LogP contribution in [0.25, 0.3) is 0 Å². The molecule has 0 radical (unpaired) electrons. The van der Waals surface area contributed by atoms with Gasteiger partial charge in [0.05, 0.1) is 30.2 Å². The Morgan fingerprint density at radius 3 is 2.85 bits per heavy atom. The van der Waals surface area contributed by atoms with Crippen LogP contribution in [0.1, 0.15) is 45.2 Å². The van der Waals surface area contributed by atoms with Gasteiger partial charge in [-0.2, -0.15) is 0 Å². The first-order valence-corrected chi connectivity index (χ1v) is 12.6. The summed E-state index contributed by atoms with van der Waals surface area (Å²) in [5.74, 6) is 1.22. The number of carbonyl (C=O) groups excluding carboxylic acids is 1. The quantitative estimate of drug-likeness (QED) is 0.671. The minimum atomic E-state index is -0.651. The van der Waals surface area contributed by atoms with Crippen LogP contribution in [0.15, 0.2) is 53.2 Å². The zero-order valence-electron chi connectivity index (χ0n) is 20.2. The van der Waals surface area contributed by atoms with Gasteiger partial charge in [-0.15, -0.1) is 0 Å². The highest BCUT2D eigenvalue weighted by Crippen LogP contribution is 2.72. The lowest BCUT2D eigenvalue weighted by Gasteiger charge is -2.48. The van der Waals surface area contributed by atoms with Gasteiger partial charge in [-0.25, -0.2) is 4.79 Å². The summed E-state index contributed by atoms with van der Waals surface area (Å²) in [6.07, 6.45) is 2.25. The summed E-state index contributed by atoms with van der Waals surface area (Å²) in [6.45, 7) is 8.13. The van der Waals surface area contributed by atoms with Crippen molar-refractivity contribution < 1.29 is 23.7 Å². The van der Waals surface area contributed by atoms with E-state index in [9.17, 15) is 4.79 Å². The Morgan fingerprint density at radius 2 is 2.09 bits per heavy atom. The zero-order chi connectivity index (χ0) is 23.4. The van der Waals surface area contributed by atoms with Crippen LogP contribution >= 0.6 is 0 Å². The van der Waals surface area contributed by atoms with Gasteiger partial charge in [0.25, 0.3) is 0 Å². The second-order valence-electron chi connectivity index (χ2n) is 10.8. The Balaban J connectivity index is 1.24. The van der Waals surface area contributed by atoms with Crippen LogP contribution in [0.3, 0.4) is 0 Å². The van der Waals surface area contributed by atoms with Crippen LogP contribution in [0.5, 0.6) is 0 Å². The molecular weight excluding hydrogens is 432 g/mol. The summed E-state index contributed by atoms with van der Waals surface area (Å²) in [5.41, 5.74) is 1.74. The zero-order valence-corrected chi connectivity index (χ0v) is 20.2. The first kappa shape index (κ1) is 21.0. The molecule has 5 fully saturated rings. The molecule has 5 saturated heterocycles. The second-order valence-corrected chi connectivity index (χ2v) is 10.8. The molecule has 1 aromatic carbocycles. The number of hydrogen-bond donors (Lipinski definition) is 1. The van der Waals surface area contributed by atoms with Crippen molar-refractivity contribution in [3.8, 4) is 0 Å². The number of esters is 1. The smallest absolute Gasteiger partial charge is 0.343 e. The largest absolute Gasteiger partial charge is 0.492 e. The predicted octanol–water partition coefficient (Wildman–Crippen LogP) is 3.25. The van der Waals surface area contributed by atoms with Crippen molar-refractivity contribution in [2.24, 2.45) is 17.8 Å². The van der Waals surface area contributed by atoms with Crippen molar-refractivity contribution in [1.82, 2.24) is 10.2 Å². The van der Waals surface area contributed by atoms with Crippen LogP contribution in [0.2, 0.25) is 0 Å². The normalized spacial score (nSPS) is 46.2. The molecule has 1 spiro atoms. The summed E-state index contributed by atoms with van der Waals surface area (Å²) in [6, 6.07) is 11.3. The molecule has 6 aliphatic rings. The van der Waals surface area contributed by atoms with Crippen molar-refractivity contribution in [2.45, 2.75) is 63.1 Å². The van der Waals surface area contributed by atoms with E-state index in [-0.39, 0.29) is 41.4 Å². The van der Waals surface area contributed by atoms with Gasteiger partial charge in [-0.3, -0.25) is 4.90 Å². The fourth-order valence-corrected chi connectivity index (χ4v) is 8.21. The van der Waals surface area contributed by atoms with E-state index < -0.39 is 5.79 Å². The van der Waals surface area contributed by atoms with Crippen molar-refractivity contribution in [3.05, 3.63) is 58.7 Å². The predicted molar refractivity (Wildman–Crippen MR) is 123 cm³/mol. The average molecular weight is 465 g/mol. The molecule has 34 heavy (non-hydrogen) atoms. The molecule has 180 valence electrons. The van der Waals surface area contributed by atoms with E-state index in [2.05, 4.69) is 54.4 Å². The molecule has 7 rings (SSSR count). The monoisotopic (exact) mass is 464 g/mol. The van der Waals surface area contributed by atoms with Crippen molar-refractivity contribution >= 4 is 5.97 Å². The molecular formula is C27H32N2O5. The van der Waals surface area contributed by atoms with Crippen LogP contribution < -0.4 is 5.32 Å². The Kier molecular flexibility index (Phi) is 4.24. The fraction of sp³-hybridized carbons (Fsp3) is 0.593. The number of fused-ring (bicyclic) bond motifs is 1. The Bertz CT molecular complexity index is 1130. The number of carbonyl (C=O) groups is 1. The SMILES string of the molecule is COC1=C(C)C(=O)O/C1=C1\O[C@@]23O[C@H]4C[C@@H]([C@H]2[C@@H]1C)N1CC[C@@H]3[C@]41CN[C@@H](C)c1ccccc1. The van der Waals surface area contributed by atoms with Gasteiger partial charge in [0, 0.05) is 30.5 Å². The minimum Gasteiger partial charge on any atom is -0.492 e. The average Bonchev–Trinajstić information content (AvgIpc) is 3.56. The van der Waals surface area contributed by atoms with E-state index in [1.54, 1.807) is 14.0 Å². The molecule has 1 aromatic rings. The molecule has 0 aliphatic carbocycles. The maximum absolute atomic E-state index is 12.3. The first-order chi connectivity index (χ1) is 16.4. The summed E-state index contributed by atoms with van der Waals surface area (Å²) < 4.78 is 24.9. The lowest BCUT2D eigenvalue weighted by Crippen LogP contribution is -2.64. The van der Waals surface area contributed by atoms with Crippen molar-refractivity contribution in [3.63, 3.8) is 0 Å². The molecule has 6 heterocycles. The number of rotatable bonds is 5. The summed E-state index contributed by atoms with van der Waals surface area (Å²) in [4.78, 5) is 15.0. The van der Waals surface area contributed by atoms with E-state index >= 15 is 0 Å². The molecule has 9 atom stereocenters. The Labute approximate surface area is 200 Å². The van der Waals surface area contributed by atoms with Gasteiger partial charge in [0.15, 0.2) is 5.76 Å². The number of cyclic esters (lactones) is 1. The van der Waals surface area contributed by atoms with Crippen LogP contribution in [-0.2, 0) is 23.7 Å². The van der Waals surface area contributed by atoms with Gasteiger partial charge in [-0.1, -0.05) is 37.3 Å². The van der Waals surface area contributed by atoms with Crippen molar-refractivity contribution in [1.29, 1.82) is 0 Å². The number of allylic oxidation sites excluding steroid dienone is 1. The topological polar surface area (TPSA) is 69.3 Å². The number of hydrogen-bond acceptors (Lipinski definition) is 7. The first-order valence-electron chi connectivity index (χ1n) is 12.6. The Morgan fingerprint density at radius 1 is 1.29 bits per heavy atom. The number of nitrogens with zero attached hydrogens (tertiary/aromatic N) is 1. The summed E-state index contributed by atoms with van der Waals surface area (Å²) in [5, 5.41) is 3.84. The summed E-state index contributed by atoms with van der Waals surface area (Å²) in [7, 11) is 1.58. The van der Waals surface area contributed by atoms with E-state index in [1.165, 1.54) is 5.56 Å². The molecule has 7 nitrogen and oxygen atoms in total. The maximum atomic E-state index is 12.3. The molecule has 7 heteroatoms. The highest BCUT2D eigenvalue weighted by atomic mass is 16.7. The maximum Gasteiger partial charge on any atom is 0.343 e. The number of benzene rings is 1. The molecule has 1 N–H and O–H groups in total. The third kappa shape index (κ3) is 2.31. The number of methoxy groups -OCH3 is 1. The number of ether oxygens (including phenoxy) is 4. The molecule has 5 bridgehead atoms. The molecule has 0 saturated carbocycles. The number of nitrogens with one attached hydrogen (secondary N) is 1. The minimum absolute atomic E-state index is 0.0494. The summed E-state index contributed by atoms with van der Waals surface area (Å²) >= 11 is 0. The van der Waals surface area contributed by atoms with Gasteiger partial charge in [-0.05, 0) is 38.8 Å². The fourth-order valence-electron chi connectivity index (χ4n) is 8.21. The van der Waals surface area contributed by atoms with Crippen molar-refractivity contribution in [2.75, 3.05) is 20.2 Å². The van der Waals surface area contributed by atoms with E-state index in [1.807, 2.05) is 0 Å². The molecule has 1 unspecified atom stereocenters. The molecule has 0 amide bonds. The highest BCUT2D eigenvalue weighted by molar-refractivity contribution is 5.93. The number of piperidine rings is 1. The third-order valence-electron chi connectivity index (χ3n) is 9.59. The van der Waals surface area contributed by atoms with Gasteiger partial charge in [0.2, 0.25) is 11.5 Å². The van der Waals surface area contributed by atoms with Gasteiger partial charge >= 0.3 is 5.97 Å². The van der Waals surface area contributed by atoms with Crippen LogP contribution in [0.4, 0.5) is 0 Å². The van der Waals surface area contributed by atoms with Gasteiger partial charge < -0.3 is 24.3 Å². The third-order valence-corrected chi connectivity index (χ3v) is 9.59. The van der Waals surface area contributed by atoms with E-state index in [0.717, 1.165) is 25.9 Å². The van der Waals surface area contributed by atoms with Crippen LogP contribution in [-0.4, -0.2) is 54.5 Å². The standard InChI is InChI=1S/C27H32N2O5/c1-14-21-18-12-20-26(13-28-16(3)17-8-6-5-7-9-17)19(10-11-29(18)26)27(21,33-20)34-23(14)24-22(31-4)15(2)25(30)32-24/h5-9,14,16,18-21,28H,10-13H2,1-4H3/b24-23-/t14-,16-,18-,19+,20-,21+,26+,27+/m0/s1. The lowest BCUT2D eigenvalue weighted by molar-refractivity contribution is -0.255. The van der Waals surface area contributed by atoms with Gasteiger partial charge in [0.1, 0.15) is 5.76 Å².